The molecule has 0 radical (unpaired) electrons. The molecule has 0 aliphatic heterocycles. The molecule has 0 bridgehead atoms. The van der Waals surface area contributed by atoms with Crippen LogP contribution in [0.15, 0.2) is 4.34 Å². The van der Waals surface area contributed by atoms with Crippen molar-refractivity contribution in [1.82, 2.24) is 10.2 Å². The van der Waals surface area contributed by atoms with E-state index >= 15 is 0 Å². The van der Waals surface area contributed by atoms with E-state index in [1.165, 1.54) is 41.4 Å². The number of rotatable bonds is 7. The molecule has 0 saturated heterocycles. The second-order valence-corrected chi connectivity index (χ2v) is 8.98. The zero-order chi connectivity index (χ0) is 19.4. The molecule has 0 saturated carbocycles. The highest BCUT2D eigenvalue weighted by molar-refractivity contribution is 8.01. The van der Waals surface area contributed by atoms with Crippen molar-refractivity contribution in [2.75, 3.05) is 23.0 Å². The first kappa shape index (κ1) is 19.8. The predicted octanol–water partition coefficient (Wildman–Crippen LogP) is 2.95. The van der Waals surface area contributed by atoms with Crippen molar-refractivity contribution in [2.24, 2.45) is 0 Å². The van der Waals surface area contributed by atoms with Crippen LogP contribution in [0.25, 0.3) is 0 Å². The Hall–Kier alpha value is -1.98. The number of thiophene rings is 1. The number of amides is 2. The van der Waals surface area contributed by atoms with Gasteiger partial charge in [-0.2, -0.15) is 0 Å². The van der Waals surface area contributed by atoms with Gasteiger partial charge in [0.05, 0.1) is 17.9 Å². The van der Waals surface area contributed by atoms with Crippen molar-refractivity contribution in [2.45, 2.75) is 37.4 Å². The van der Waals surface area contributed by atoms with Crippen LogP contribution in [0.4, 0.5) is 10.1 Å². The number of aryl methyl sites for hydroxylation is 1. The van der Waals surface area contributed by atoms with Crippen LogP contribution in [-0.2, 0) is 27.2 Å². The second kappa shape index (κ2) is 8.81. The third-order valence-corrected chi connectivity index (χ3v) is 6.85. The van der Waals surface area contributed by atoms with Gasteiger partial charge in [0.15, 0.2) is 4.34 Å². The van der Waals surface area contributed by atoms with Crippen LogP contribution in [-0.4, -0.2) is 40.3 Å². The third kappa shape index (κ3) is 4.85. The van der Waals surface area contributed by atoms with Gasteiger partial charge in [-0.25, -0.2) is 4.79 Å². The van der Waals surface area contributed by atoms with E-state index in [4.69, 9.17) is 4.74 Å². The number of thioether (sulfide) groups is 1. The fraction of sp³-hybridized carbons (Fsp3) is 0.438. The topological polar surface area (TPSA) is 110 Å². The fourth-order valence-electron chi connectivity index (χ4n) is 2.67. The first-order valence-electron chi connectivity index (χ1n) is 8.33. The molecule has 0 atom stereocenters. The van der Waals surface area contributed by atoms with E-state index in [2.05, 4.69) is 20.8 Å². The van der Waals surface area contributed by atoms with Gasteiger partial charge < -0.3 is 15.4 Å². The van der Waals surface area contributed by atoms with Gasteiger partial charge in [-0.15, -0.1) is 21.5 Å². The number of hydrogen-bond donors (Lipinski definition) is 2. The summed E-state index contributed by atoms with van der Waals surface area (Å²) in [6.45, 7) is 3.44. The highest BCUT2D eigenvalue weighted by Crippen LogP contribution is 2.39. The molecule has 3 rings (SSSR count). The maximum absolute atomic E-state index is 12.3. The van der Waals surface area contributed by atoms with E-state index in [1.54, 1.807) is 6.92 Å². The molecule has 0 spiro atoms. The number of ether oxygens (including phenoxy) is 1. The van der Waals surface area contributed by atoms with E-state index in [1.807, 2.05) is 0 Å². The van der Waals surface area contributed by atoms with Gasteiger partial charge in [-0.1, -0.05) is 23.1 Å². The SMILES string of the molecule is CCOC(=O)c1c(NC(=O)CSc2nnc(NC(C)=O)s2)sc2c1CCC2. The minimum absolute atomic E-state index is 0.125. The Morgan fingerprint density at radius 2 is 2.00 bits per heavy atom. The van der Waals surface area contributed by atoms with E-state index in [9.17, 15) is 14.4 Å². The summed E-state index contributed by atoms with van der Waals surface area (Å²) in [5.41, 5.74) is 1.50. The normalized spacial score (nSPS) is 12.5. The zero-order valence-corrected chi connectivity index (χ0v) is 17.2. The summed E-state index contributed by atoms with van der Waals surface area (Å²) in [6.07, 6.45) is 2.78. The zero-order valence-electron chi connectivity index (χ0n) is 14.8. The number of esters is 1. The van der Waals surface area contributed by atoms with Gasteiger partial charge in [-0.3, -0.25) is 9.59 Å². The molecule has 0 fully saturated rings. The van der Waals surface area contributed by atoms with Crippen molar-refractivity contribution >= 4 is 62.4 Å². The lowest BCUT2D eigenvalue weighted by Crippen LogP contribution is -2.16. The molecule has 11 heteroatoms. The summed E-state index contributed by atoms with van der Waals surface area (Å²) < 4.78 is 5.73. The minimum Gasteiger partial charge on any atom is -0.462 e. The van der Waals surface area contributed by atoms with Crippen LogP contribution < -0.4 is 10.6 Å². The maximum atomic E-state index is 12.3. The molecule has 2 amide bonds. The quantitative estimate of drug-likeness (QED) is 0.398. The van der Waals surface area contributed by atoms with Crippen LogP contribution in [0.3, 0.4) is 0 Å². The van der Waals surface area contributed by atoms with Crippen LogP contribution in [0.2, 0.25) is 0 Å². The predicted molar refractivity (Wildman–Crippen MR) is 106 cm³/mol. The molecule has 0 unspecified atom stereocenters. The number of hydrogen-bond acceptors (Lipinski definition) is 9. The first-order chi connectivity index (χ1) is 13.0. The molecule has 2 aromatic heterocycles. The number of nitrogens with one attached hydrogen (secondary N) is 2. The molecule has 27 heavy (non-hydrogen) atoms. The van der Waals surface area contributed by atoms with E-state index < -0.39 is 0 Å². The monoisotopic (exact) mass is 426 g/mol. The first-order valence-corrected chi connectivity index (χ1v) is 10.9. The smallest absolute Gasteiger partial charge is 0.341 e. The van der Waals surface area contributed by atoms with Gasteiger partial charge in [0.2, 0.25) is 16.9 Å². The van der Waals surface area contributed by atoms with Gasteiger partial charge in [0.25, 0.3) is 0 Å². The van der Waals surface area contributed by atoms with Gasteiger partial charge in [0, 0.05) is 11.8 Å². The van der Waals surface area contributed by atoms with E-state index in [-0.39, 0.29) is 23.5 Å². The van der Waals surface area contributed by atoms with Gasteiger partial charge in [0.1, 0.15) is 5.00 Å². The van der Waals surface area contributed by atoms with Gasteiger partial charge >= 0.3 is 5.97 Å². The van der Waals surface area contributed by atoms with Crippen molar-refractivity contribution in [1.29, 1.82) is 0 Å². The highest BCUT2D eigenvalue weighted by atomic mass is 32.2. The van der Waals surface area contributed by atoms with Crippen molar-refractivity contribution in [3.63, 3.8) is 0 Å². The standard InChI is InChI=1S/C16H18N4O4S3/c1-3-24-14(23)12-9-5-4-6-10(9)26-13(12)18-11(22)7-25-16-20-19-15(27-16)17-8(2)21/h3-7H2,1-2H3,(H,18,22)(H,17,19,21). The number of carbonyl (C=O) groups excluding carboxylic acids is 3. The lowest BCUT2D eigenvalue weighted by atomic mass is 10.1. The van der Waals surface area contributed by atoms with Crippen LogP contribution in [0.1, 0.15) is 41.1 Å². The second-order valence-electron chi connectivity index (χ2n) is 5.67. The molecule has 1 aliphatic carbocycles. The molecule has 2 N–H and O–H groups in total. The van der Waals surface area contributed by atoms with Crippen molar-refractivity contribution in [3.8, 4) is 0 Å². The summed E-state index contributed by atoms with van der Waals surface area (Å²) in [7, 11) is 0. The summed E-state index contributed by atoms with van der Waals surface area (Å²) in [6, 6.07) is 0. The molecule has 8 nitrogen and oxygen atoms in total. The van der Waals surface area contributed by atoms with E-state index in [0.717, 1.165) is 29.7 Å². The number of aromatic nitrogens is 2. The highest BCUT2D eigenvalue weighted by Gasteiger charge is 2.28. The Kier molecular flexibility index (Phi) is 6.45. The Labute approximate surface area is 168 Å². The van der Waals surface area contributed by atoms with Crippen LogP contribution >= 0.6 is 34.4 Å². The lowest BCUT2D eigenvalue weighted by Gasteiger charge is -2.07. The molecule has 1 aliphatic rings. The Morgan fingerprint density at radius 1 is 1.19 bits per heavy atom. The van der Waals surface area contributed by atoms with Crippen molar-refractivity contribution < 1.29 is 19.1 Å². The average molecular weight is 427 g/mol. The summed E-state index contributed by atoms with van der Waals surface area (Å²) in [5.74, 6) is -0.720. The Morgan fingerprint density at radius 3 is 2.74 bits per heavy atom. The largest absolute Gasteiger partial charge is 0.462 e. The van der Waals surface area contributed by atoms with Crippen LogP contribution in [0.5, 0.6) is 0 Å². The number of carbonyl (C=O) groups is 3. The molecule has 2 heterocycles. The maximum Gasteiger partial charge on any atom is 0.341 e. The van der Waals surface area contributed by atoms with Crippen molar-refractivity contribution in [3.05, 3.63) is 16.0 Å². The van der Waals surface area contributed by atoms with Crippen LogP contribution in [0, 0.1) is 0 Å². The molecular weight excluding hydrogens is 408 g/mol. The summed E-state index contributed by atoms with van der Waals surface area (Å²) >= 11 is 3.87. The molecule has 144 valence electrons. The third-order valence-electron chi connectivity index (χ3n) is 3.67. The number of fused-ring (bicyclic) bond motifs is 1. The number of nitrogens with zero attached hydrogens (tertiary/aromatic N) is 2. The molecular formula is C16H18N4O4S3. The summed E-state index contributed by atoms with van der Waals surface area (Å²) in [5, 5.41) is 14.1. The average Bonchev–Trinajstić information content (AvgIpc) is 3.28. The van der Waals surface area contributed by atoms with Gasteiger partial charge in [-0.05, 0) is 31.7 Å². The Balaban J connectivity index is 1.63. The Bertz CT molecular complexity index is 877. The number of anilines is 2. The molecule has 0 aromatic carbocycles. The fourth-order valence-corrected chi connectivity index (χ4v) is 5.56. The lowest BCUT2D eigenvalue weighted by molar-refractivity contribution is -0.114. The van der Waals surface area contributed by atoms with E-state index in [0.29, 0.717) is 26.6 Å². The molecule has 2 aromatic rings. The minimum atomic E-state index is -0.385. The summed E-state index contributed by atoms with van der Waals surface area (Å²) in [4.78, 5) is 36.8.